The number of amides is 1. The summed E-state index contributed by atoms with van der Waals surface area (Å²) in [4.78, 5) is 14.3. The van der Waals surface area contributed by atoms with Gasteiger partial charge in [-0.1, -0.05) is 25.0 Å². The Balaban J connectivity index is 2.20. The quantitative estimate of drug-likeness (QED) is 0.911. The largest absolute Gasteiger partial charge is 0.421 e. The van der Waals surface area contributed by atoms with Crippen LogP contribution in [0.1, 0.15) is 55.5 Å². The zero-order valence-corrected chi connectivity index (χ0v) is 13.4. The molecule has 0 heterocycles. The molecule has 1 atom stereocenters. The standard InChI is InChI=1S/C17H22F3NO2/c1-3-21(14-6-4-5-7-14)15(22)12-8-10-13(11-9-12)16(2,23)17(18,19)20/h8-11,14,23H,3-7H2,1-2H3. The monoisotopic (exact) mass is 329 g/mol. The molecule has 1 aromatic carbocycles. The maximum Gasteiger partial charge on any atom is 0.421 e. The SMILES string of the molecule is CCN(C(=O)c1ccc(C(C)(O)C(F)(F)F)cc1)C1CCCC1. The first-order valence-corrected chi connectivity index (χ1v) is 7.89. The van der Waals surface area contributed by atoms with Crippen LogP contribution in [0.25, 0.3) is 0 Å². The summed E-state index contributed by atoms with van der Waals surface area (Å²) in [5.74, 6) is -0.169. The van der Waals surface area contributed by atoms with Gasteiger partial charge in [0.15, 0.2) is 5.60 Å². The Hall–Kier alpha value is -1.56. The zero-order valence-electron chi connectivity index (χ0n) is 13.4. The summed E-state index contributed by atoms with van der Waals surface area (Å²) in [6, 6.07) is 5.27. The van der Waals surface area contributed by atoms with Gasteiger partial charge in [-0.2, -0.15) is 13.2 Å². The van der Waals surface area contributed by atoms with Gasteiger partial charge in [-0.15, -0.1) is 0 Å². The van der Waals surface area contributed by atoms with Crippen molar-refractivity contribution in [2.45, 2.75) is 57.3 Å². The summed E-state index contributed by atoms with van der Waals surface area (Å²) in [6.45, 7) is 3.19. The number of nitrogens with zero attached hydrogens (tertiary/aromatic N) is 1. The molecule has 1 saturated carbocycles. The fourth-order valence-corrected chi connectivity index (χ4v) is 3.05. The Labute approximate surface area is 134 Å². The summed E-state index contributed by atoms with van der Waals surface area (Å²) in [5.41, 5.74) is -2.85. The second-order valence-corrected chi connectivity index (χ2v) is 6.18. The maximum absolute atomic E-state index is 12.8. The highest BCUT2D eigenvalue weighted by Gasteiger charge is 2.51. The van der Waals surface area contributed by atoms with Crippen LogP contribution in [-0.2, 0) is 5.60 Å². The third-order valence-corrected chi connectivity index (χ3v) is 4.61. The summed E-state index contributed by atoms with van der Waals surface area (Å²) in [5, 5.41) is 9.66. The van der Waals surface area contributed by atoms with Crippen LogP contribution < -0.4 is 0 Å². The van der Waals surface area contributed by atoms with E-state index in [0.717, 1.165) is 25.7 Å². The minimum absolute atomic E-state index is 0.169. The molecule has 6 heteroatoms. The van der Waals surface area contributed by atoms with Gasteiger partial charge in [0.05, 0.1) is 0 Å². The van der Waals surface area contributed by atoms with E-state index < -0.39 is 11.8 Å². The highest BCUT2D eigenvalue weighted by atomic mass is 19.4. The first-order chi connectivity index (χ1) is 10.7. The minimum atomic E-state index is -4.77. The van der Waals surface area contributed by atoms with Crippen LogP contribution in [0.3, 0.4) is 0 Å². The second-order valence-electron chi connectivity index (χ2n) is 6.18. The van der Waals surface area contributed by atoms with Crippen molar-refractivity contribution in [2.24, 2.45) is 0 Å². The molecule has 0 aliphatic heterocycles. The van der Waals surface area contributed by atoms with Crippen molar-refractivity contribution in [2.75, 3.05) is 6.54 Å². The van der Waals surface area contributed by atoms with Gasteiger partial charge in [-0.25, -0.2) is 0 Å². The first-order valence-electron chi connectivity index (χ1n) is 7.89. The summed E-state index contributed by atoms with van der Waals surface area (Å²) < 4.78 is 38.5. The van der Waals surface area contributed by atoms with E-state index in [4.69, 9.17) is 0 Å². The van der Waals surface area contributed by atoms with Crippen LogP contribution >= 0.6 is 0 Å². The van der Waals surface area contributed by atoms with Gasteiger partial charge in [0.1, 0.15) is 0 Å². The molecule has 1 unspecified atom stereocenters. The molecule has 1 aliphatic rings. The summed E-state index contributed by atoms with van der Waals surface area (Å²) >= 11 is 0. The molecule has 128 valence electrons. The van der Waals surface area contributed by atoms with E-state index in [1.54, 1.807) is 4.90 Å². The summed E-state index contributed by atoms with van der Waals surface area (Å²) in [7, 11) is 0. The van der Waals surface area contributed by atoms with E-state index in [1.807, 2.05) is 6.92 Å². The molecule has 23 heavy (non-hydrogen) atoms. The Kier molecular flexibility index (Phi) is 5.04. The van der Waals surface area contributed by atoms with Crippen molar-refractivity contribution < 1.29 is 23.1 Å². The third-order valence-electron chi connectivity index (χ3n) is 4.61. The average Bonchev–Trinajstić information content (AvgIpc) is 3.01. The molecule has 0 bridgehead atoms. The zero-order chi connectivity index (χ0) is 17.3. The Morgan fingerprint density at radius 3 is 2.17 bits per heavy atom. The number of alkyl halides is 3. The number of rotatable bonds is 4. The van der Waals surface area contributed by atoms with Crippen molar-refractivity contribution in [3.05, 3.63) is 35.4 Å². The molecule has 1 aromatic rings. The van der Waals surface area contributed by atoms with E-state index in [1.165, 1.54) is 24.3 Å². The number of halogens is 3. The molecule has 1 N–H and O–H groups in total. The summed E-state index contributed by atoms with van der Waals surface area (Å²) in [6.07, 6.45) is -0.623. The molecular weight excluding hydrogens is 307 g/mol. The van der Waals surface area contributed by atoms with Gasteiger partial charge >= 0.3 is 6.18 Å². The lowest BCUT2D eigenvalue weighted by atomic mass is 9.94. The van der Waals surface area contributed by atoms with Crippen molar-refractivity contribution in [1.29, 1.82) is 0 Å². The number of carbonyl (C=O) groups is 1. The van der Waals surface area contributed by atoms with Gasteiger partial charge in [0.2, 0.25) is 0 Å². The predicted molar refractivity (Wildman–Crippen MR) is 81.0 cm³/mol. The molecule has 3 nitrogen and oxygen atoms in total. The number of hydrogen-bond acceptors (Lipinski definition) is 2. The number of aliphatic hydroxyl groups is 1. The average molecular weight is 329 g/mol. The Morgan fingerprint density at radius 1 is 1.22 bits per heavy atom. The van der Waals surface area contributed by atoms with Crippen molar-refractivity contribution in [3.8, 4) is 0 Å². The lowest BCUT2D eigenvalue weighted by molar-refractivity contribution is -0.258. The lowest BCUT2D eigenvalue weighted by Crippen LogP contribution is -2.40. The van der Waals surface area contributed by atoms with Crippen LogP contribution in [-0.4, -0.2) is 34.7 Å². The van der Waals surface area contributed by atoms with Crippen molar-refractivity contribution in [3.63, 3.8) is 0 Å². The van der Waals surface area contributed by atoms with E-state index in [2.05, 4.69) is 0 Å². The molecule has 2 rings (SSSR count). The highest BCUT2D eigenvalue weighted by Crippen LogP contribution is 2.38. The normalized spacial score (nSPS) is 18.7. The van der Waals surface area contributed by atoms with Crippen LogP contribution in [0.4, 0.5) is 13.2 Å². The van der Waals surface area contributed by atoms with E-state index >= 15 is 0 Å². The molecule has 0 saturated heterocycles. The lowest BCUT2D eigenvalue weighted by Gasteiger charge is -2.29. The third kappa shape index (κ3) is 3.52. The van der Waals surface area contributed by atoms with Gasteiger partial charge < -0.3 is 10.0 Å². The molecule has 1 amide bonds. The number of hydrogen-bond donors (Lipinski definition) is 1. The predicted octanol–water partition coefficient (Wildman–Crippen LogP) is 3.86. The van der Waals surface area contributed by atoms with Gasteiger partial charge in [-0.3, -0.25) is 4.79 Å². The number of carbonyl (C=O) groups excluding carboxylic acids is 1. The topological polar surface area (TPSA) is 40.5 Å². The molecule has 0 aromatic heterocycles. The maximum atomic E-state index is 12.8. The van der Waals surface area contributed by atoms with Crippen LogP contribution in [0.2, 0.25) is 0 Å². The van der Waals surface area contributed by atoms with E-state index in [9.17, 15) is 23.1 Å². The van der Waals surface area contributed by atoms with Crippen LogP contribution in [0.5, 0.6) is 0 Å². The first kappa shape index (κ1) is 17.8. The molecule has 1 fully saturated rings. The highest BCUT2D eigenvalue weighted by molar-refractivity contribution is 5.94. The van der Waals surface area contributed by atoms with E-state index in [0.29, 0.717) is 19.0 Å². The fraction of sp³-hybridized carbons (Fsp3) is 0.588. The van der Waals surface area contributed by atoms with Gasteiger partial charge in [-0.05, 0) is 44.4 Å². The minimum Gasteiger partial charge on any atom is -0.376 e. The van der Waals surface area contributed by atoms with Crippen molar-refractivity contribution in [1.82, 2.24) is 4.90 Å². The number of benzene rings is 1. The Bertz CT molecular complexity index is 546. The molecular formula is C17H22F3NO2. The molecule has 1 aliphatic carbocycles. The van der Waals surface area contributed by atoms with Crippen LogP contribution in [0, 0.1) is 0 Å². The molecule has 0 spiro atoms. The fourth-order valence-electron chi connectivity index (χ4n) is 3.05. The second kappa shape index (κ2) is 6.51. The molecule has 0 radical (unpaired) electrons. The smallest absolute Gasteiger partial charge is 0.376 e. The Morgan fingerprint density at radius 2 is 1.74 bits per heavy atom. The van der Waals surface area contributed by atoms with Gasteiger partial charge in [0, 0.05) is 18.2 Å². The van der Waals surface area contributed by atoms with E-state index in [-0.39, 0.29) is 17.5 Å². The van der Waals surface area contributed by atoms with Crippen LogP contribution in [0.15, 0.2) is 24.3 Å². The van der Waals surface area contributed by atoms with Crippen molar-refractivity contribution >= 4 is 5.91 Å². The van der Waals surface area contributed by atoms with Gasteiger partial charge in [0.25, 0.3) is 5.91 Å².